The van der Waals surface area contributed by atoms with Gasteiger partial charge in [-0.2, -0.15) is 0 Å². The van der Waals surface area contributed by atoms with Gasteiger partial charge in [-0.1, -0.05) is 6.92 Å². The van der Waals surface area contributed by atoms with Crippen LogP contribution in [0, 0.1) is 6.92 Å². The van der Waals surface area contributed by atoms with Crippen molar-refractivity contribution in [3.63, 3.8) is 0 Å². The van der Waals surface area contributed by atoms with Crippen LogP contribution in [0.2, 0.25) is 0 Å². The fraction of sp³-hybridized carbons (Fsp3) is 0.615. The van der Waals surface area contributed by atoms with E-state index in [-0.39, 0.29) is 12.2 Å². The summed E-state index contributed by atoms with van der Waals surface area (Å²) in [7, 11) is 0. The van der Waals surface area contributed by atoms with Crippen molar-refractivity contribution in [1.82, 2.24) is 4.98 Å². The molecule has 3 unspecified atom stereocenters. The maximum Gasteiger partial charge on any atom is 0.141 e. The van der Waals surface area contributed by atoms with Crippen LogP contribution in [0.1, 0.15) is 25.5 Å². The molecule has 0 aliphatic heterocycles. The second-order valence-corrected chi connectivity index (χ2v) is 4.38. The Bertz CT molecular complexity index is 369. The Morgan fingerprint density at radius 2 is 2.35 bits per heavy atom. The lowest BCUT2D eigenvalue weighted by Gasteiger charge is -2.40. The molecule has 3 atom stereocenters. The van der Waals surface area contributed by atoms with Crippen molar-refractivity contribution >= 4 is 0 Å². The van der Waals surface area contributed by atoms with Crippen molar-refractivity contribution in [3.05, 3.63) is 24.0 Å². The Labute approximate surface area is 102 Å². The van der Waals surface area contributed by atoms with Crippen molar-refractivity contribution in [3.8, 4) is 5.75 Å². The Kier molecular flexibility index (Phi) is 3.97. The number of hydrogen-bond acceptors (Lipinski definition) is 4. The molecule has 1 saturated carbocycles. The van der Waals surface area contributed by atoms with Crippen LogP contribution in [0.3, 0.4) is 0 Å². The van der Waals surface area contributed by atoms with E-state index in [1.807, 2.05) is 26.0 Å². The fourth-order valence-corrected chi connectivity index (χ4v) is 1.90. The number of pyridine rings is 1. The van der Waals surface area contributed by atoms with Gasteiger partial charge in [0.1, 0.15) is 18.0 Å². The van der Waals surface area contributed by atoms with E-state index >= 15 is 0 Å². The van der Waals surface area contributed by atoms with E-state index < -0.39 is 6.10 Å². The molecule has 17 heavy (non-hydrogen) atoms. The number of ether oxygens (including phenoxy) is 2. The van der Waals surface area contributed by atoms with Gasteiger partial charge in [0.25, 0.3) is 0 Å². The van der Waals surface area contributed by atoms with Crippen molar-refractivity contribution in [2.45, 2.75) is 45.0 Å². The lowest BCUT2D eigenvalue weighted by molar-refractivity contribution is -0.162. The van der Waals surface area contributed by atoms with E-state index in [1.165, 1.54) is 0 Å². The molecule has 0 saturated heterocycles. The van der Waals surface area contributed by atoms with E-state index in [0.717, 1.165) is 17.9 Å². The van der Waals surface area contributed by atoms with Crippen LogP contribution in [-0.4, -0.2) is 35.0 Å². The molecule has 0 amide bonds. The molecule has 1 aliphatic rings. The average Bonchev–Trinajstić information content (AvgIpc) is 2.31. The zero-order valence-corrected chi connectivity index (χ0v) is 10.3. The minimum atomic E-state index is -0.400. The van der Waals surface area contributed by atoms with Gasteiger partial charge in [0.2, 0.25) is 0 Å². The predicted octanol–water partition coefficient (Wildman–Crippen LogP) is 1.70. The van der Waals surface area contributed by atoms with Crippen LogP contribution in [0.4, 0.5) is 0 Å². The monoisotopic (exact) mass is 237 g/mol. The molecule has 1 aliphatic carbocycles. The van der Waals surface area contributed by atoms with Gasteiger partial charge in [-0.25, -0.2) is 0 Å². The van der Waals surface area contributed by atoms with Gasteiger partial charge >= 0.3 is 0 Å². The number of nitrogens with zero attached hydrogens (tertiary/aromatic N) is 1. The molecule has 0 spiro atoms. The third-order valence-electron chi connectivity index (χ3n) is 2.97. The molecule has 2 rings (SSSR count). The summed E-state index contributed by atoms with van der Waals surface area (Å²) in [5, 5.41) is 9.63. The summed E-state index contributed by atoms with van der Waals surface area (Å²) in [6, 6.07) is 3.74. The standard InChI is InChI=1S/C13H19NO3/c1-3-7-16-13-10(15)8-12(13)17-11-5-4-6-14-9(11)2/h4-6,10,12-13,15H,3,7-8H2,1-2H3. The molecule has 4 heteroatoms. The number of rotatable bonds is 5. The van der Waals surface area contributed by atoms with Gasteiger partial charge < -0.3 is 14.6 Å². The Morgan fingerprint density at radius 3 is 3.00 bits per heavy atom. The first-order valence-corrected chi connectivity index (χ1v) is 6.10. The summed E-state index contributed by atoms with van der Waals surface area (Å²) < 4.78 is 11.4. The van der Waals surface area contributed by atoms with Crippen molar-refractivity contribution in [2.75, 3.05) is 6.61 Å². The van der Waals surface area contributed by atoms with Crippen LogP contribution in [-0.2, 0) is 4.74 Å². The van der Waals surface area contributed by atoms with Crippen molar-refractivity contribution in [2.24, 2.45) is 0 Å². The molecule has 0 bridgehead atoms. The molecule has 0 radical (unpaired) electrons. The van der Waals surface area contributed by atoms with E-state index in [2.05, 4.69) is 4.98 Å². The third-order valence-corrected chi connectivity index (χ3v) is 2.97. The molecule has 4 nitrogen and oxygen atoms in total. The Morgan fingerprint density at radius 1 is 1.53 bits per heavy atom. The zero-order chi connectivity index (χ0) is 12.3. The second kappa shape index (κ2) is 5.47. The van der Waals surface area contributed by atoms with Crippen LogP contribution in [0.5, 0.6) is 5.75 Å². The lowest BCUT2D eigenvalue weighted by atomic mass is 9.88. The summed E-state index contributed by atoms with van der Waals surface area (Å²) in [6.45, 7) is 4.62. The Balaban J connectivity index is 1.93. The SMILES string of the molecule is CCCOC1C(O)CC1Oc1cccnc1C. The number of aromatic nitrogens is 1. The third kappa shape index (κ3) is 2.76. The van der Waals surface area contributed by atoms with Crippen LogP contribution in [0.25, 0.3) is 0 Å². The summed E-state index contributed by atoms with van der Waals surface area (Å²) in [5.74, 6) is 0.773. The maximum atomic E-state index is 9.63. The molecular weight excluding hydrogens is 218 g/mol. The van der Waals surface area contributed by atoms with E-state index in [1.54, 1.807) is 6.20 Å². The number of aryl methyl sites for hydroxylation is 1. The highest BCUT2D eigenvalue weighted by atomic mass is 16.6. The van der Waals surface area contributed by atoms with Crippen LogP contribution < -0.4 is 4.74 Å². The highest BCUT2D eigenvalue weighted by molar-refractivity contribution is 5.26. The summed E-state index contributed by atoms with van der Waals surface area (Å²) >= 11 is 0. The van der Waals surface area contributed by atoms with Gasteiger partial charge in [0, 0.05) is 19.2 Å². The maximum absolute atomic E-state index is 9.63. The van der Waals surface area contributed by atoms with Gasteiger partial charge in [0.05, 0.1) is 11.8 Å². The largest absolute Gasteiger partial charge is 0.486 e. The number of hydrogen-bond donors (Lipinski definition) is 1. The van der Waals surface area contributed by atoms with E-state index in [0.29, 0.717) is 13.0 Å². The first kappa shape index (κ1) is 12.3. The number of aliphatic hydroxyl groups is 1. The molecule has 1 N–H and O–H groups in total. The minimum absolute atomic E-state index is 0.0561. The smallest absolute Gasteiger partial charge is 0.141 e. The Hall–Kier alpha value is -1.13. The minimum Gasteiger partial charge on any atom is -0.486 e. The van der Waals surface area contributed by atoms with Crippen molar-refractivity contribution in [1.29, 1.82) is 0 Å². The first-order valence-electron chi connectivity index (χ1n) is 6.10. The van der Waals surface area contributed by atoms with Gasteiger partial charge in [-0.05, 0) is 25.5 Å². The molecule has 0 aromatic carbocycles. The first-order chi connectivity index (χ1) is 8.22. The highest BCUT2D eigenvalue weighted by Gasteiger charge is 2.42. The topological polar surface area (TPSA) is 51.6 Å². The fourth-order valence-electron chi connectivity index (χ4n) is 1.90. The molecule has 94 valence electrons. The van der Waals surface area contributed by atoms with Gasteiger partial charge in [-0.3, -0.25) is 4.98 Å². The highest BCUT2D eigenvalue weighted by Crippen LogP contribution is 2.29. The van der Waals surface area contributed by atoms with Crippen LogP contribution >= 0.6 is 0 Å². The summed E-state index contributed by atoms with van der Waals surface area (Å²) in [4.78, 5) is 4.17. The van der Waals surface area contributed by atoms with Gasteiger partial charge in [0.15, 0.2) is 0 Å². The molecular formula is C13H19NO3. The zero-order valence-electron chi connectivity index (χ0n) is 10.3. The molecule has 1 fully saturated rings. The van der Waals surface area contributed by atoms with Gasteiger partial charge in [-0.15, -0.1) is 0 Å². The quantitative estimate of drug-likeness (QED) is 0.846. The molecule has 1 aromatic rings. The van der Waals surface area contributed by atoms with Crippen LogP contribution in [0.15, 0.2) is 18.3 Å². The van der Waals surface area contributed by atoms with E-state index in [4.69, 9.17) is 9.47 Å². The number of aliphatic hydroxyl groups excluding tert-OH is 1. The van der Waals surface area contributed by atoms with E-state index in [9.17, 15) is 5.11 Å². The normalized spacial score (nSPS) is 27.6. The second-order valence-electron chi connectivity index (χ2n) is 4.38. The lowest BCUT2D eigenvalue weighted by Crippen LogP contribution is -2.55. The molecule has 1 heterocycles. The summed E-state index contributed by atoms with van der Waals surface area (Å²) in [6.07, 6.45) is 2.66. The average molecular weight is 237 g/mol. The summed E-state index contributed by atoms with van der Waals surface area (Å²) in [5.41, 5.74) is 0.864. The van der Waals surface area contributed by atoms with Crippen molar-refractivity contribution < 1.29 is 14.6 Å². The predicted molar refractivity (Wildman–Crippen MR) is 64.0 cm³/mol. The molecule has 1 aromatic heterocycles.